The Balaban J connectivity index is 0.00000264. The molecule has 5 heteroatoms. The summed E-state index contributed by atoms with van der Waals surface area (Å²) in [5.41, 5.74) is 2.86. The van der Waals surface area contributed by atoms with Crippen molar-refractivity contribution >= 4 is 35.6 Å². The first-order valence-corrected chi connectivity index (χ1v) is 8.21. The van der Waals surface area contributed by atoms with Gasteiger partial charge in [-0.2, -0.15) is 0 Å². The maximum Gasteiger partial charge on any atom is 0.194 e. The molecule has 2 rings (SSSR count). The van der Waals surface area contributed by atoms with Gasteiger partial charge in [-0.25, -0.2) is 4.99 Å². The molecule has 0 atom stereocenters. The molecule has 4 nitrogen and oxygen atoms in total. The van der Waals surface area contributed by atoms with E-state index in [0.717, 1.165) is 32.1 Å². The number of nitrogens with zero attached hydrogens (tertiary/aromatic N) is 3. The smallest absolute Gasteiger partial charge is 0.194 e. The highest BCUT2D eigenvalue weighted by Crippen LogP contribution is 2.28. The van der Waals surface area contributed by atoms with Crippen LogP contribution in [0.1, 0.15) is 32.8 Å². The van der Waals surface area contributed by atoms with Gasteiger partial charge in [-0.1, -0.05) is 26.0 Å². The lowest BCUT2D eigenvalue weighted by molar-refractivity contribution is 0.370. The fourth-order valence-electron chi connectivity index (χ4n) is 2.82. The second kappa shape index (κ2) is 8.76. The molecule has 0 amide bonds. The number of rotatable bonds is 4. The molecule has 0 radical (unpaired) electrons. The van der Waals surface area contributed by atoms with Gasteiger partial charge < -0.3 is 15.1 Å². The molecule has 0 aromatic heterocycles. The summed E-state index contributed by atoms with van der Waals surface area (Å²) < 4.78 is 0. The van der Waals surface area contributed by atoms with Crippen LogP contribution in [0.25, 0.3) is 0 Å². The van der Waals surface area contributed by atoms with Gasteiger partial charge >= 0.3 is 0 Å². The first-order chi connectivity index (χ1) is 10.4. The largest absolute Gasteiger partial charge is 0.378 e. The van der Waals surface area contributed by atoms with Crippen LogP contribution in [0.15, 0.2) is 29.3 Å². The van der Waals surface area contributed by atoms with E-state index >= 15 is 0 Å². The molecular weight excluding hydrogens is 399 g/mol. The molecule has 0 saturated carbocycles. The predicted octanol–water partition coefficient (Wildman–Crippen LogP) is 3.57. The van der Waals surface area contributed by atoms with Crippen molar-refractivity contribution in [3.8, 4) is 0 Å². The van der Waals surface area contributed by atoms with Crippen molar-refractivity contribution in [1.82, 2.24) is 10.2 Å². The molecule has 1 aliphatic heterocycles. The zero-order chi connectivity index (χ0) is 16.2. The second-order valence-corrected chi connectivity index (χ2v) is 7.07. The lowest BCUT2D eigenvalue weighted by Crippen LogP contribution is -2.40. The Bertz CT molecular complexity index is 526. The Morgan fingerprint density at radius 3 is 2.65 bits per heavy atom. The van der Waals surface area contributed by atoms with Crippen LogP contribution in [0.4, 0.5) is 5.69 Å². The first kappa shape index (κ1) is 20.1. The normalized spacial score (nSPS) is 16.9. The van der Waals surface area contributed by atoms with Crippen LogP contribution in [-0.2, 0) is 6.54 Å². The van der Waals surface area contributed by atoms with E-state index < -0.39 is 0 Å². The van der Waals surface area contributed by atoms with Crippen molar-refractivity contribution in [1.29, 1.82) is 0 Å². The zero-order valence-corrected chi connectivity index (χ0v) is 17.4. The summed E-state index contributed by atoms with van der Waals surface area (Å²) in [7, 11) is 4.14. The van der Waals surface area contributed by atoms with Crippen molar-refractivity contribution in [2.45, 2.75) is 33.7 Å². The van der Waals surface area contributed by atoms with Crippen molar-refractivity contribution < 1.29 is 0 Å². The quantitative estimate of drug-likeness (QED) is 0.450. The number of halogens is 1. The SMILES string of the molecule is CCNC(=NCc1cccc(N(C)C)c1)N1CCC(C)(C)C1.I. The minimum absolute atomic E-state index is 0. The monoisotopic (exact) mass is 430 g/mol. The van der Waals surface area contributed by atoms with E-state index in [1.807, 2.05) is 0 Å². The van der Waals surface area contributed by atoms with Crippen molar-refractivity contribution in [3.05, 3.63) is 29.8 Å². The summed E-state index contributed by atoms with van der Waals surface area (Å²) in [5.74, 6) is 1.04. The van der Waals surface area contributed by atoms with E-state index in [4.69, 9.17) is 4.99 Å². The summed E-state index contributed by atoms with van der Waals surface area (Å²) in [6.07, 6.45) is 1.23. The second-order valence-electron chi connectivity index (χ2n) is 7.07. The van der Waals surface area contributed by atoms with E-state index in [9.17, 15) is 0 Å². The lowest BCUT2D eigenvalue weighted by atomic mass is 9.93. The zero-order valence-electron chi connectivity index (χ0n) is 15.1. The molecule has 0 bridgehead atoms. The van der Waals surface area contributed by atoms with E-state index in [-0.39, 0.29) is 24.0 Å². The summed E-state index contributed by atoms with van der Waals surface area (Å²) >= 11 is 0. The standard InChI is InChI=1S/C18H30N4.HI/c1-6-19-17(22-11-10-18(2,3)14-22)20-13-15-8-7-9-16(12-15)21(4)5;/h7-9,12H,6,10-11,13-14H2,1-5H3,(H,19,20);1H. The maximum absolute atomic E-state index is 4.84. The van der Waals surface area contributed by atoms with Gasteiger partial charge in [0.25, 0.3) is 0 Å². The van der Waals surface area contributed by atoms with Crippen molar-refractivity contribution in [2.75, 3.05) is 38.6 Å². The summed E-state index contributed by atoms with van der Waals surface area (Å²) in [4.78, 5) is 9.36. The Kier molecular flexibility index (Phi) is 7.64. The van der Waals surface area contributed by atoms with Crippen LogP contribution in [0.3, 0.4) is 0 Å². The number of hydrogen-bond donors (Lipinski definition) is 1. The minimum atomic E-state index is 0. The number of anilines is 1. The third-order valence-electron chi connectivity index (χ3n) is 4.15. The Hall–Kier alpha value is -0.980. The van der Waals surface area contributed by atoms with Gasteiger partial charge in [0.05, 0.1) is 6.54 Å². The van der Waals surface area contributed by atoms with Crippen LogP contribution in [0, 0.1) is 5.41 Å². The van der Waals surface area contributed by atoms with E-state index in [1.54, 1.807) is 0 Å². The van der Waals surface area contributed by atoms with Gasteiger partial charge in [0.1, 0.15) is 0 Å². The maximum atomic E-state index is 4.84. The summed E-state index contributed by atoms with van der Waals surface area (Å²) in [6.45, 7) is 10.6. The predicted molar refractivity (Wildman–Crippen MR) is 111 cm³/mol. The number of likely N-dealkylation sites (tertiary alicyclic amines) is 1. The van der Waals surface area contributed by atoms with Gasteiger partial charge in [-0.3, -0.25) is 0 Å². The molecule has 1 heterocycles. The average Bonchev–Trinajstić information content (AvgIpc) is 2.84. The van der Waals surface area contributed by atoms with Crippen molar-refractivity contribution in [3.63, 3.8) is 0 Å². The summed E-state index contributed by atoms with van der Waals surface area (Å²) in [5, 5.41) is 3.44. The Labute approximate surface area is 158 Å². The van der Waals surface area contributed by atoms with Gasteiger partial charge in [-0.15, -0.1) is 24.0 Å². The van der Waals surface area contributed by atoms with Gasteiger partial charge in [-0.05, 0) is 36.5 Å². The highest BCUT2D eigenvalue weighted by molar-refractivity contribution is 14.0. The van der Waals surface area contributed by atoms with Gasteiger partial charge in [0.2, 0.25) is 0 Å². The van der Waals surface area contributed by atoms with Crippen LogP contribution in [0.2, 0.25) is 0 Å². The Morgan fingerprint density at radius 1 is 1.35 bits per heavy atom. The van der Waals surface area contributed by atoms with Crippen LogP contribution >= 0.6 is 24.0 Å². The molecule has 130 valence electrons. The Morgan fingerprint density at radius 2 is 2.09 bits per heavy atom. The van der Waals surface area contributed by atoms with Crippen LogP contribution in [-0.4, -0.2) is 44.6 Å². The molecule has 1 saturated heterocycles. The highest BCUT2D eigenvalue weighted by atomic mass is 127. The fraction of sp³-hybridized carbons (Fsp3) is 0.611. The number of nitrogens with one attached hydrogen (secondary N) is 1. The fourth-order valence-corrected chi connectivity index (χ4v) is 2.82. The summed E-state index contributed by atoms with van der Waals surface area (Å²) in [6, 6.07) is 8.59. The van der Waals surface area contributed by atoms with Crippen LogP contribution < -0.4 is 10.2 Å². The molecule has 23 heavy (non-hydrogen) atoms. The van der Waals surface area contributed by atoms with Gasteiger partial charge in [0, 0.05) is 39.4 Å². The molecule has 0 aliphatic carbocycles. The van der Waals surface area contributed by atoms with Crippen molar-refractivity contribution in [2.24, 2.45) is 10.4 Å². The first-order valence-electron chi connectivity index (χ1n) is 8.21. The molecule has 0 unspecified atom stereocenters. The molecule has 1 fully saturated rings. The molecule has 1 aromatic rings. The molecule has 1 aromatic carbocycles. The lowest BCUT2D eigenvalue weighted by Gasteiger charge is -2.23. The number of hydrogen-bond acceptors (Lipinski definition) is 2. The number of aliphatic imine (C=N–C) groups is 1. The van der Waals surface area contributed by atoms with E-state index in [0.29, 0.717) is 5.41 Å². The average molecular weight is 430 g/mol. The third-order valence-corrected chi connectivity index (χ3v) is 4.15. The van der Waals surface area contributed by atoms with Crippen LogP contribution in [0.5, 0.6) is 0 Å². The minimum Gasteiger partial charge on any atom is -0.378 e. The molecule has 1 N–H and O–H groups in total. The van der Waals surface area contributed by atoms with Gasteiger partial charge in [0.15, 0.2) is 5.96 Å². The number of benzene rings is 1. The molecular formula is C18H31IN4. The van der Waals surface area contributed by atoms with E-state index in [1.165, 1.54) is 17.7 Å². The topological polar surface area (TPSA) is 30.9 Å². The molecule has 1 aliphatic rings. The highest BCUT2D eigenvalue weighted by Gasteiger charge is 2.30. The molecule has 0 spiro atoms. The van der Waals surface area contributed by atoms with E-state index in [2.05, 4.69) is 74.2 Å². The number of guanidine groups is 1. The third kappa shape index (κ3) is 5.86.